The van der Waals surface area contributed by atoms with E-state index in [1.807, 2.05) is 13.1 Å². The van der Waals surface area contributed by atoms with E-state index >= 15 is 0 Å². The molecule has 0 spiro atoms. The van der Waals surface area contributed by atoms with Crippen molar-refractivity contribution in [2.24, 2.45) is 17.1 Å². The summed E-state index contributed by atoms with van der Waals surface area (Å²) in [7, 11) is 0. The lowest BCUT2D eigenvalue weighted by atomic mass is 9.60. The SMILES string of the molecule is Cc1ccc(C(C)(C)N2CCC3(C(N)=O)Cc4ccccc4CC3C2)cn1. The topological polar surface area (TPSA) is 59.2 Å². The lowest BCUT2D eigenvalue weighted by Crippen LogP contribution is -2.60. The Kier molecular flexibility index (Phi) is 4.34. The highest BCUT2D eigenvalue weighted by Crippen LogP contribution is 2.47. The van der Waals surface area contributed by atoms with Gasteiger partial charge in [0.2, 0.25) is 5.91 Å². The molecule has 1 aliphatic carbocycles. The van der Waals surface area contributed by atoms with Crippen LogP contribution in [0.3, 0.4) is 0 Å². The lowest BCUT2D eigenvalue weighted by Gasteiger charge is -2.53. The third-order valence-electron chi connectivity index (χ3n) is 7.04. The van der Waals surface area contributed by atoms with Gasteiger partial charge in [0.25, 0.3) is 0 Å². The summed E-state index contributed by atoms with van der Waals surface area (Å²) >= 11 is 0. The molecule has 2 unspecified atom stereocenters. The fourth-order valence-corrected chi connectivity index (χ4v) is 5.03. The van der Waals surface area contributed by atoms with Crippen molar-refractivity contribution in [1.82, 2.24) is 9.88 Å². The van der Waals surface area contributed by atoms with Gasteiger partial charge in [-0.1, -0.05) is 30.3 Å². The van der Waals surface area contributed by atoms with E-state index in [2.05, 4.69) is 60.1 Å². The van der Waals surface area contributed by atoms with Gasteiger partial charge in [-0.2, -0.15) is 0 Å². The molecule has 0 bridgehead atoms. The molecular formula is C23H29N3O. The zero-order valence-corrected chi connectivity index (χ0v) is 16.5. The molecule has 0 saturated carbocycles. The van der Waals surface area contributed by atoms with E-state index < -0.39 is 5.41 Å². The van der Waals surface area contributed by atoms with E-state index in [-0.39, 0.29) is 17.4 Å². The Morgan fingerprint density at radius 3 is 2.63 bits per heavy atom. The molecule has 4 nitrogen and oxygen atoms in total. The number of hydrogen-bond acceptors (Lipinski definition) is 3. The van der Waals surface area contributed by atoms with Gasteiger partial charge in [0, 0.05) is 30.5 Å². The van der Waals surface area contributed by atoms with Gasteiger partial charge in [-0.15, -0.1) is 0 Å². The average molecular weight is 364 g/mol. The Morgan fingerprint density at radius 2 is 1.96 bits per heavy atom. The number of piperidine rings is 1. The Balaban J connectivity index is 1.65. The van der Waals surface area contributed by atoms with E-state index in [1.54, 1.807) is 0 Å². The third-order valence-corrected chi connectivity index (χ3v) is 7.04. The summed E-state index contributed by atoms with van der Waals surface area (Å²) in [6.45, 7) is 8.29. The fraction of sp³-hybridized carbons (Fsp3) is 0.478. The van der Waals surface area contributed by atoms with Crippen LogP contribution in [0.1, 0.15) is 42.7 Å². The second-order valence-electron chi connectivity index (χ2n) is 8.81. The molecule has 2 heterocycles. The van der Waals surface area contributed by atoms with Crippen molar-refractivity contribution in [2.75, 3.05) is 13.1 Å². The predicted molar refractivity (Wildman–Crippen MR) is 107 cm³/mol. The van der Waals surface area contributed by atoms with Crippen LogP contribution in [-0.4, -0.2) is 28.9 Å². The molecule has 2 atom stereocenters. The zero-order chi connectivity index (χ0) is 19.2. The summed E-state index contributed by atoms with van der Waals surface area (Å²) in [6, 6.07) is 12.8. The number of likely N-dealkylation sites (tertiary alicyclic amines) is 1. The molecule has 1 aliphatic heterocycles. The van der Waals surface area contributed by atoms with E-state index in [4.69, 9.17) is 5.73 Å². The molecule has 142 valence electrons. The maximum atomic E-state index is 12.6. The van der Waals surface area contributed by atoms with Crippen molar-refractivity contribution >= 4 is 5.91 Å². The fourth-order valence-electron chi connectivity index (χ4n) is 5.03. The van der Waals surface area contributed by atoms with Crippen molar-refractivity contribution < 1.29 is 4.79 Å². The van der Waals surface area contributed by atoms with Crippen LogP contribution in [0, 0.1) is 18.3 Å². The van der Waals surface area contributed by atoms with Crippen LogP contribution in [0.5, 0.6) is 0 Å². The summed E-state index contributed by atoms with van der Waals surface area (Å²) in [5.74, 6) is 0.132. The van der Waals surface area contributed by atoms with Crippen LogP contribution in [0.2, 0.25) is 0 Å². The van der Waals surface area contributed by atoms with Crippen molar-refractivity contribution in [3.8, 4) is 0 Å². The van der Waals surface area contributed by atoms with Crippen molar-refractivity contribution in [2.45, 2.75) is 45.6 Å². The number of benzene rings is 1. The second kappa shape index (κ2) is 6.45. The molecule has 2 aliphatic rings. The van der Waals surface area contributed by atoms with Gasteiger partial charge in [-0.3, -0.25) is 14.7 Å². The van der Waals surface area contributed by atoms with Crippen LogP contribution >= 0.6 is 0 Å². The highest BCUT2D eigenvalue weighted by atomic mass is 16.1. The number of rotatable bonds is 3. The van der Waals surface area contributed by atoms with Gasteiger partial charge in [-0.05, 0) is 68.7 Å². The van der Waals surface area contributed by atoms with Crippen molar-refractivity contribution in [3.63, 3.8) is 0 Å². The van der Waals surface area contributed by atoms with E-state index in [0.717, 1.165) is 38.0 Å². The Labute approximate surface area is 161 Å². The van der Waals surface area contributed by atoms with E-state index in [0.29, 0.717) is 0 Å². The smallest absolute Gasteiger partial charge is 0.224 e. The number of amides is 1. The number of carbonyl (C=O) groups excluding carboxylic acids is 1. The predicted octanol–water partition coefficient (Wildman–Crippen LogP) is 3.22. The molecule has 1 amide bonds. The van der Waals surface area contributed by atoms with Crippen molar-refractivity contribution in [3.05, 3.63) is 65.0 Å². The molecule has 1 fully saturated rings. The van der Waals surface area contributed by atoms with Gasteiger partial charge in [0.1, 0.15) is 0 Å². The second-order valence-corrected chi connectivity index (χ2v) is 8.81. The highest BCUT2D eigenvalue weighted by Gasteiger charge is 2.51. The number of fused-ring (bicyclic) bond motifs is 2. The number of aromatic nitrogens is 1. The lowest BCUT2D eigenvalue weighted by molar-refractivity contribution is -0.137. The molecule has 1 saturated heterocycles. The largest absolute Gasteiger partial charge is 0.369 e. The van der Waals surface area contributed by atoms with Gasteiger partial charge >= 0.3 is 0 Å². The molecule has 1 aromatic heterocycles. The molecule has 2 aromatic rings. The molecule has 1 aromatic carbocycles. The molecular weight excluding hydrogens is 334 g/mol. The van der Waals surface area contributed by atoms with E-state index in [9.17, 15) is 4.79 Å². The molecule has 2 N–H and O–H groups in total. The number of primary amides is 1. The van der Waals surface area contributed by atoms with Gasteiger partial charge in [-0.25, -0.2) is 0 Å². The number of nitrogens with two attached hydrogens (primary N) is 1. The first kappa shape index (κ1) is 18.2. The van der Waals surface area contributed by atoms with Crippen LogP contribution < -0.4 is 5.73 Å². The number of pyridine rings is 1. The van der Waals surface area contributed by atoms with Gasteiger partial charge in [0.15, 0.2) is 0 Å². The van der Waals surface area contributed by atoms with Crippen molar-refractivity contribution in [1.29, 1.82) is 0 Å². The minimum Gasteiger partial charge on any atom is -0.369 e. The van der Waals surface area contributed by atoms with Gasteiger partial charge in [0.05, 0.1) is 5.41 Å². The number of hydrogen-bond donors (Lipinski definition) is 1. The third kappa shape index (κ3) is 2.96. The monoisotopic (exact) mass is 363 g/mol. The first-order valence-electron chi connectivity index (χ1n) is 9.88. The minimum atomic E-state index is -0.410. The summed E-state index contributed by atoms with van der Waals surface area (Å²) in [5, 5.41) is 0. The van der Waals surface area contributed by atoms with Crippen LogP contribution in [0.15, 0.2) is 42.6 Å². The summed E-state index contributed by atoms with van der Waals surface area (Å²) in [5.41, 5.74) is 10.4. The number of carbonyl (C=O) groups is 1. The molecule has 4 heteroatoms. The summed E-state index contributed by atoms with van der Waals surface area (Å²) < 4.78 is 0. The summed E-state index contributed by atoms with van der Waals surface area (Å²) in [6.07, 6.45) is 4.52. The zero-order valence-electron chi connectivity index (χ0n) is 16.5. The Bertz CT molecular complexity index is 858. The minimum absolute atomic E-state index is 0.124. The average Bonchev–Trinajstić information content (AvgIpc) is 2.66. The van der Waals surface area contributed by atoms with Gasteiger partial charge < -0.3 is 5.73 Å². The maximum absolute atomic E-state index is 12.6. The summed E-state index contributed by atoms with van der Waals surface area (Å²) in [4.78, 5) is 19.6. The Morgan fingerprint density at radius 1 is 1.22 bits per heavy atom. The van der Waals surface area contributed by atoms with Crippen LogP contribution in [-0.2, 0) is 23.2 Å². The first-order valence-corrected chi connectivity index (χ1v) is 9.88. The Hall–Kier alpha value is -2.20. The highest BCUT2D eigenvalue weighted by molar-refractivity contribution is 5.82. The maximum Gasteiger partial charge on any atom is 0.224 e. The van der Waals surface area contributed by atoms with Crippen LogP contribution in [0.25, 0.3) is 0 Å². The van der Waals surface area contributed by atoms with E-state index in [1.165, 1.54) is 16.7 Å². The molecule has 27 heavy (non-hydrogen) atoms. The molecule has 4 rings (SSSR count). The quantitative estimate of drug-likeness (QED) is 0.911. The first-order chi connectivity index (χ1) is 12.8. The standard InChI is InChI=1S/C23H29N3O/c1-16-8-9-19(14-25-16)22(2,3)26-11-10-23(21(24)27)13-18-7-5-4-6-17(18)12-20(23)15-26/h4-9,14,20H,10-13,15H2,1-3H3,(H2,24,27). The number of aryl methyl sites for hydroxylation is 1. The number of nitrogens with zero attached hydrogens (tertiary/aromatic N) is 2. The normalized spacial score (nSPS) is 25.5. The molecule has 0 radical (unpaired) electrons. The van der Waals surface area contributed by atoms with Crippen LogP contribution in [0.4, 0.5) is 0 Å².